The molecule has 1 amide bonds. The smallest absolute Gasteiger partial charge is 0.234 e. The fourth-order valence-corrected chi connectivity index (χ4v) is 2.44. The lowest BCUT2D eigenvalue weighted by atomic mass is 10.2. The largest absolute Gasteiger partial charge is 0.383 e. The Bertz CT molecular complexity index is 841. The number of carbonyl (C=O) groups excluding carboxylic acids is 1. The van der Waals surface area contributed by atoms with Crippen molar-refractivity contribution in [2.75, 3.05) is 16.8 Å². The van der Waals surface area contributed by atoms with Gasteiger partial charge >= 0.3 is 0 Å². The molecule has 8 heteroatoms. The molecule has 23 heavy (non-hydrogen) atoms. The highest BCUT2D eigenvalue weighted by molar-refractivity contribution is 8.00. The molecule has 0 saturated carbocycles. The maximum atomic E-state index is 13.4. The van der Waals surface area contributed by atoms with E-state index in [9.17, 15) is 9.18 Å². The topological polar surface area (TPSA) is 116 Å². The molecular formula is C15H10FN5OS. The van der Waals surface area contributed by atoms with Crippen LogP contribution in [0, 0.1) is 28.5 Å². The normalized spacial score (nSPS) is 9.70. The van der Waals surface area contributed by atoms with E-state index in [2.05, 4.69) is 10.3 Å². The number of thioether (sulfide) groups is 1. The molecule has 0 spiro atoms. The second kappa shape index (κ2) is 7.25. The summed E-state index contributed by atoms with van der Waals surface area (Å²) in [5, 5.41) is 20.6. The number of nitrogens with two attached hydrogens (primary N) is 1. The maximum Gasteiger partial charge on any atom is 0.234 e. The zero-order valence-electron chi connectivity index (χ0n) is 11.7. The van der Waals surface area contributed by atoms with Crippen molar-refractivity contribution in [3.63, 3.8) is 0 Å². The molecular weight excluding hydrogens is 317 g/mol. The van der Waals surface area contributed by atoms with E-state index in [1.54, 1.807) is 6.07 Å². The number of benzene rings is 1. The lowest BCUT2D eigenvalue weighted by molar-refractivity contribution is -0.113. The van der Waals surface area contributed by atoms with Gasteiger partial charge in [-0.1, -0.05) is 23.9 Å². The van der Waals surface area contributed by atoms with Crippen LogP contribution in [0.2, 0.25) is 0 Å². The Kier molecular flexibility index (Phi) is 5.13. The van der Waals surface area contributed by atoms with Crippen molar-refractivity contribution in [1.82, 2.24) is 4.98 Å². The van der Waals surface area contributed by atoms with Crippen LogP contribution in [-0.2, 0) is 4.79 Å². The number of hydrogen-bond donors (Lipinski definition) is 2. The molecule has 0 bridgehead atoms. The molecule has 3 N–H and O–H groups in total. The van der Waals surface area contributed by atoms with E-state index in [0.29, 0.717) is 0 Å². The predicted octanol–water partition coefficient (Wildman–Crippen LogP) is 2.28. The van der Waals surface area contributed by atoms with Gasteiger partial charge in [-0.25, -0.2) is 9.37 Å². The number of para-hydroxylation sites is 1. The minimum Gasteiger partial charge on any atom is -0.383 e. The van der Waals surface area contributed by atoms with Crippen molar-refractivity contribution >= 4 is 29.2 Å². The van der Waals surface area contributed by atoms with Crippen molar-refractivity contribution < 1.29 is 9.18 Å². The van der Waals surface area contributed by atoms with Gasteiger partial charge < -0.3 is 11.1 Å². The molecule has 0 atom stereocenters. The molecule has 6 nitrogen and oxygen atoms in total. The van der Waals surface area contributed by atoms with Crippen LogP contribution >= 0.6 is 11.8 Å². The summed E-state index contributed by atoms with van der Waals surface area (Å²) in [6, 6.07) is 10.8. The van der Waals surface area contributed by atoms with Gasteiger partial charge in [0.25, 0.3) is 0 Å². The highest BCUT2D eigenvalue weighted by Gasteiger charge is 2.13. The molecule has 0 aliphatic carbocycles. The number of aromatic nitrogens is 1. The summed E-state index contributed by atoms with van der Waals surface area (Å²) < 4.78 is 13.4. The Morgan fingerprint density at radius 1 is 1.30 bits per heavy atom. The van der Waals surface area contributed by atoms with Gasteiger partial charge in [0.15, 0.2) is 0 Å². The summed E-state index contributed by atoms with van der Waals surface area (Å²) in [5.41, 5.74) is 5.92. The van der Waals surface area contributed by atoms with Gasteiger partial charge in [0.1, 0.15) is 28.8 Å². The first-order valence-corrected chi connectivity index (χ1v) is 7.31. The summed E-state index contributed by atoms with van der Waals surface area (Å²) >= 11 is 0.981. The SMILES string of the molecule is N#Cc1cc(C#N)c(SCC(=O)Nc2ccccc2F)nc1N. The lowest BCUT2D eigenvalue weighted by Crippen LogP contribution is -2.15. The van der Waals surface area contributed by atoms with E-state index >= 15 is 0 Å². The maximum absolute atomic E-state index is 13.4. The molecule has 0 aliphatic rings. The van der Waals surface area contributed by atoms with Crippen molar-refractivity contribution in [1.29, 1.82) is 10.5 Å². The summed E-state index contributed by atoms with van der Waals surface area (Å²) in [4.78, 5) is 15.8. The standard InChI is InChI=1S/C15H10FN5OS/c16-11-3-1-2-4-12(11)20-13(22)8-23-15-10(7-18)5-9(6-17)14(19)21-15/h1-5H,8H2,(H2,19,21)(H,20,22). The van der Waals surface area contributed by atoms with Gasteiger partial charge in [0.2, 0.25) is 5.91 Å². The fraction of sp³-hybridized carbons (Fsp3) is 0.0667. The van der Waals surface area contributed by atoms with Crippen LogP contribution in [0.15, 0.2) is 35.4 Å². The van der Waals surface area contributed by atoms with Crippen molar-refractivity contribution in [3.8, 4) is 12.1 Å². The Hall–Kier alpha value is -3.10. The second-order valence-corrected chi connectivity index (χ2v) is 5.28. The predicted molar refractivity (Wildman–Crippen MR) is 83.8 cm³/mol. The molecule has 2 aromatic rings. The Balaban J connectivity index is 2.08. The molecule has 0 fully saturated rings. The van der Waals surface area contributed by atoms with Gasteiger partial charge in [-0.15, -0.1) is 0 Å². The third-order valence-electron chi connectivity index (χ3n) is 2.75. The average Bonchev–Trinajstić information content (AvgIpc) is 2.55. The number of hydrogen-bond acceptors (Lipinski definition) is 6. The summed E-state index contributed by atoms with van der Waals surface area (Å²) in [7, 11) is 0. The van der Waals surface area contributed by atoms with Crippen LogP contribution in [0.5, 0.6) is 0 Å². The molecule has 2 rings (SSSR count). The Labute approximate surface area is 135 Å². The molecule has 114 valence electrons. The number of nitrogen functional groups attached to an aromatic ring is 1. The highest BCUT2D eigenvalue weighted by atomic mass is 32.2. The first-order valence-electron chi connectivity index (χ1n) is 6.33. The number of pyridine rings is 1. The number of amides is 1. The molecule has 1 heterocycles. The number of anilines is 2. The van der Waals surface area contributed by atoms with Gasteiger partial charge in [-0.3, -0.25) is 4.79 Å². The highest BCUT2D eigenvalue weighted by Crippen LogP contribution is 2.24. The molecule has 0 unspecified atom stereocenters. The van der Waals surface area contributed by atoms with Gasteiger partial charge in [0, 0.05) is 0 Å². The average molecular weight is 327 g/mol. The molecule has 0 aliphatic heterocycles. The quantitative estimate of drug-likeness (QED) is 0.832. The first kappa shape index (κ1) is 16.3. The summed E-state index contributed by atoms with van der Waals surface area (Å²) in [6.07, 6.45) is 0. The second-order valence-electron chi connectivity index (χ2n) is 4.31. The first-order chi connectivity index (χ1) is 11.0. The van der Waals surface area contributed by atoms with Crippen molar-refractivity contribution in [3.05, 3.63) is 47.3 Å². The van der Waals surface area contributed by atoms with Gasteiger partial charge in [-0.2, -0.15) is 10.5 Å². The number of carbonyl (C=O) groups is 1. The van der Waals surface area contributed by atoms with Crippen LogP contribution in [0.25, 0.3) is 0 Å². The number of nitrogens with zero attached hydrogens (tertiary/aromatic N) is 3. The summed E-state index contributed by atoms with van der Waals surface area (Å²) in [6.45, 7) is 0. The number of halogens is 1. The van der Waals surface area contributed by atoms with Crippen LogP contribution in [0.1, 0.15) is 11.1 Å². The van der Waals surface area contributed by atoms with E-state index in [4.69, 9.17) is 16.3 Å². The van der Waals surface area contributed by atoms with E-state index < -0.39 is 11.7 Å². The van der Waals surface area contributed by atoms with Crippen LogP contribution < -0.4 is 11.1 Å². The van der Waals surface area contributed by atoms with E-state index in [0.717, 1.165) is 11.8 Å². The zero-order valence-corrected chi connectivity index (χ0v) is 12.5. The van der Waals surface area contributed by atoms with Gasteiger partial charge in [0.05, 0.1) is 22.6 Å². The third-order valence-corrected chi connectivity index (χ3v) is 3.74. The molecule has 0 saturated heterocycles. The van der Waals surface area contributed by atoms with Gasteiger partial charge in [-0.05, 0) is 18.2 Å². The van der Waals surface area contributed by atoms with Crippen molar-refractivity contribution in [2.45, 2.75) is 5.03 Å². The van der Waals surface area contributed by atoms with Crippen LogP contribution in [-0.4, -0.2) is 16.6 Å². The number of rotatable bonds is 4. The number of nitriles is 2. The third kappa shape index (κ3) is 3.96. The van der Waals surface area contributed by atoms with Crippen molar-refractivity contribution in [2.24, 2.45) is 0 Å². The lowest BCUT2D eigenvalue weighted by Gasteiger charge is -2.07. The Morgan fingerprint density at radius 2 is 2.00 bits per heavy atom. The van der Waals surface area contributed by atoms with E-state index in [-0.39, 0.29) is 33.4 Å². The van der Waals surface area contributed by atoms with E-state index in [1.807, 2.05) is 12.1 Å². The monoisotopic (exact) mass is 327 g/mol. The minimum atomic E-state index is -0.538. The number of nitrogens with one attached hydrogen (secondary N) is 1. The molecule has 0 radical (unpaired) electrons. The molecule has 1 aromatic heterocycles. The van der Waals surface area contributed by atoms with Crippen LogP contribution in [0.3, 0.4) is 0 Å². The molecule has 1 aromatic carbocycles. The zero-order chi connectivity index (χ0) is 16.8. The Morgan fingerprint density at radius 3 is 2.65 bits per heavy atom. The fourth-order valence-electron chi connectivity index (χ4n) is 1.67. The minimum absolute atomic E-state index is 0.0106. The summed E-state index contributed by atoms with van der Waals surface area (Å²) in [5.74, 6) is -1.08. The van der Waals surface area contributed by atoms with Crippen LogP contribution in [0.4, 0.5) is 15.9 Å². The van der Waals surface area contributed by atoms with E-state index in [1.165, 1.54) is 24.3 Å².